The Kier molecular flexibility index (Phi) is 3.54. The SMILES string of the molecule is CCCc1nccn1-c1ncc(CN)cc1C. The van der Waals surface area contributed by atoms with Gasteiger partial charge in [-0.25, -0.2) is 9.97 Å². The van der Waals surface area contributed by atoms with Gasteiger partial charge in [-0.15, -0.1) is 0 Å². The molecular formula is C13H18N4. The molecule has 2 aromatic heterocycles. The van der Waals surface area contributed by atoms with Gasteiger partial charge in [0.05, 0.1) is 0 Å². The van der Waals surface area contributed by atoms with Gasteiger partial charge in [-0.2, -0.15) is 0 Å². The smallest absolute Gasteiger partial charge is 0.140 e. The van der Waals surface area contributed by atoms with Crippen molar-refractivity contribution < 1.29 is 0 Å². The van der Waals surface area contributed by atoms with Crippen LogP contribution in [0.5, 0.6) is 0 Å². The zero-order valence-electron chi connectivity index (χ0n) is 10.3. The van der Waals surface area contributed by atoms with Crippen molar-refractivity contribution in [2.75, 3.05) is 0 Å². The first-order valence-electron chi connectivity index (χ1n) is 5.94. The minimum Gasteiger partial charge on any atom is -0.326 e. The van der Waals surface area contributed by atoms with Crippen molar-refractivity contribution >= 4 is 0 Å². The Balaban J connectivity index is 2.42. The molecule has 0 saturated carbocycles. The number of hydrogen-bond donors (Lipinski definition) is 1. The van der Waals surface area contributed by atoms with Crippen molar-refractivity contribution in [3.05, 3.63) is 41.6 Å². The van der Waals surface area contributed by atoms with Crippen LogP contribution in [0, 0.1) is 6.92 Å². The number of pyridine rings is 1. The molecule has 90 valence electrons. The number of hydrogen-bond acceptors (Lipinski definition) is 3. The number of aryl methyl sites for hydroxylation is 2. The molecule has 0 aromatic carbocycles. The van der Waals surface area contributed by atoms with Crippen LogP contribution in [0.25, 0.3) is 5.82 Å². The van der Waals surface area contributed by atoms with E-state index in [4.69, 9.17) is 5.73 Å². The largest absolute Gasteiger partial charge is 0.326 e. The Bertz CT molecular complexity index is 502. The average molecular weight is 230 g/mol. The summed E-state index contributed by atoms with van der Waals surface area (Å²) in [7, 11) is 0. The van der Waals surface area contributed by atoms with E-state index in [9.17, 15) is 0 Å². The predicted octanol–water partition coefficient (Wildman–Crippen LogP) is 1.99. The summed E-state index contributed by atoms with van der Waals surface area (Å²) >= 11 is 0. The molecule has 0 aliphatic heterocycles. The third kappa shape index (κ3) is 2.36. The van der Waals surface area contributed by atoms with Crippen molar-refractivity contribution in [2.24, 2.45) is 5.73 Å². The van der Waals surface area contributed by atoms with E-state index in [1.54, 1.807) is 0 Å². The standard InChI is InChI=1S/C13H18N4/c1-3-4-12-15-5-6-17(12)13-10(2)7-11(8-14)9-16-13/h5-7,9H,3-4,8,14H2,1-2H3. The molecule has 17 heavy (non-hydrogen) atoms. The molecule has 0 atom stereocenters. The maximum absolute atomic E-state index is 5.61. The highest BCUT2D eigenvalue weighted by Crippen LogP contribution is 2.15. The second-order valence-corrected chi connectivity index (χ2v) is 4.15. The van der Waals surface area contributed by atoms with Crippen LogP contribution < -0.4 is 5.73 Å². The summed E-state index contributed by atoms with van der Waals surface area (Å²) in [5.41, 5.74) is 7.79. The Labute approximate surface area is 102 Å². The van der Waals surface area contributed by atoms with Gasteiger partial charge in [-0.1, -0.05) is 6.92 Å². The lowest BCUT2D eigenvalue weighted by atomic mass is 10.2. The van der Waals surface area contributed by atoms with Crippen molar-refractivity contribution in [3.8, 4) is 5.82 Å². The molecule has 0 aliphatic rings. The molecule has 0 bridgehead atoms. The first kappa shape index (κ1) is 11.8. The molecule has 2 N–H and O–H groups in total. The maximum Gasteiger partial charge on any atom is 0.140 e. The van der Waals surface area contributed by atoms with Crippen LogP contribution in [0.1, 0.15) is 30.3 Å². The summed E-state index contributed by atoms with van der Waals surface area (Å²) in [5.74, 6) is 2.01. The van der Waals surface area contributed by atoms with Crippen molar-refractivity contribution in [3.63, 3.8) is 0 Å². The average Bonchev–Trinajstić information content (AvgIpc) is 2.77. The molecule has 2 heterocycles. The van der Waals surface area contributed by atoms with Gasteiger partial charge >= 0.3 is 0 Å². The Morgan fingerprint density at radius 2 is 2.18 bits per heavy atom. The molecule has 0 amide bonds. The van der Waals surface area contributed by atoms with E-state index in [0.717, 1.165) is 35.6 Å². The summed E-state index contributed by atoms with van der Waals surface area (Å²) in [5, 5.41) is 0. The molecule has 0 aliphatic carbocycles. The number of nitrogens with zero attached hydrogens (tertiary/aromatic N) is 3. The van der Waals surface area contributed by atoms with Gasteiger partial charge in [0.25, 0.3) is 0 Å². The molecular weight excluding hydrogens is 212 g/mol. The first-order valence-corrected chi connectivity index (χ1v) is 5.94. The lowest BCUT2D eigenvalue weighted by Gasteiger charge is -2.10. The molecule has 2 rings (SSSR count). The molecule has 4 nitrogen and oxygen atoms in total. The third-order valence-electron chi connectivity index (χ3n) is 2.76. The van der Waals surface area contributed by atoms with E-state index >= 15 is 0 Å². The quantitative estimate of drug-likeness (QED) is 0.873. The van der Waals surface area contributed by atoms with Gasteiger partial charge in [-0.05, 0) is 30.5 Å². The molecule has 0 unspecified atom stereocenters. The molecule has 2 aromatic rings. The highest BCUT2D eigenvalue weighted by molar-refractivity contribution is 5.36. The predicted molar refractivity (Wildman–Crippen MR) is 68.0 cm³/mol. The van der Waals surface area contributed by atoms with Crippen molar-refractivity contribution in [2.45, 2.75) is 33.2 Å². The highest BCUT2D eigenvalue weighted by atomic mass is 15.1. The van der Waals surface area contributed by atoms with E-state index in [0.29, 0.717) is 6.54 Å². The van der Waals surface area contributed by atoms with Crippen LogP contribution in [0.3, 0.4) is 0 Å². The van der Waals surface area contributed by atoms with Gasteiger partial charge in [0.1, 0.15) is 11.6 Å². The second-order valence-electron chi connectivity index (χ2n) is 4.15. The monoisotopic (exact) mass is 230 g/mol. The zero-order valence-corrected chi connectivity index (χ0v) is 10.3. The summed E-state index contributed by atoms with van der Waals surface area (Å²) in [4.78, 5) is 8.84. The van der Waals surface area contributed by atoms with Gasteiger partial charge in [0.2, 0.25) is 0 Å². The van der Waals surface area contributed by atoms with Gasteiger partial charge in [0.15, 0.2) is 0 Å². The third-order valence-corrected chi connectivity index (χ3v) is 2.76. The van der Waals surface area contributed by atoms with Crippen LogP contribution in [0.15, 0.2) is 24.7 Å². The van der Waals surface area contributed by atoms with Gasteiger partial charge in [-0.3, -0.25) is 4.57 Å². The molecule has 0 spiro atoms. The number of nitrogens with two attached hydrogens (primary N) is 1. The van der Waals surface area contributed by atoms with Crippen molar-refractivity contribution in [1.29, 1.82) is 0 Å². The summed E-state index contributed by atoms with van der Waals surface area (Å²) in [6, 6.07) is 2.08. The first-order chi connectivity index (χ1) is 8.26. The van der Waals surface area contributed by atoms with E-state index in [-0.39, 0.29) is 0 Å². The van der Waals surface area contributed by atoms with Crippen LogP contribution in [-0.4, -0.2) is 14.5 Å². The Morgan fingerprint density at radius 3 is 2.82 bits per heavy atom. The van der Waals surface area contributed by atoms with Crippen molar-refractivity contribution in [1.82, 2.24) is 14.5 Å². The number of aromatic nitrogens is 3. The Morgan fingerprint density at radius 1 is 1.35 bits per heavy atom. The zero-order chi connectivity index (χ0) is 12.3. The summed E-state index contributed by atoms with van der Waals surface area (Å²) < 4.78 is 2.05. The fraction of sp³-hybridized carbons (Fsp3) is 0.385. The van der Waals surface area contributed by atoms with Crippen LogP contribution in [0.2, 0.25) is 0 Å². The van der Waals surface area contributed by atoms with E-state index < -0.39 is 0 Å². The van der Waals surface area contributed by atoms with Gasteiger partial charge < -0.3 is 5.73 Å². The van der Waals surface area contributed by atoms with Gasteiger partial charge in [0, 0.05) is 31.6 Å². The minimum atomic E-state index is 0.528. The molecule has 4 heteroatoms. The highest BCUT2D eigenvalue weighted by Gasteiger charge is 2.08. The molecule has 0 fully saturated rings. The summed E-state index contributed by atoms with van der Waals surface area (Å²) in [6.07, 6.45) is 7.66. The minimum absolute atomic E-state index is 0.528. The van der Waals surface area contributed by atoms with E-state index in [1.165, 1.54) is 0 Å². The van der Waals surface area contributed by atoms with E-state index in [1.807, 2.05) is 18.6 Å². The normalized spacial score (nSPS) is 10.8. The number of imidazole rings is 1. The fourth-order valence-electron chi connectivity index (χ4n) is 1.93. The fourth-order valence-corrected chi connectivity index (χ4v) is 1.93. The lowest BCUT2D eigenvalue weighted by Crippen LogP contribution is -2.06. The number of rotatable bonds is 4. The topological polar surface area (TPSA) is 56.7 Å². The molecule has 0 radical (unpaired) electrons. The van der Waals surface area contributed by atoms with Crippen LogP contribution in [0.4, 0.5) is 0 Å². The van der Waals surface area contributed by atoms with Crippen LogP contribution >= 0.6 is 0 Å². The summed E-state index contributed by atoms with van der Waals surface area (Å²) in [6.45, 7) is 4.73. The maximum atomic E-state index is 5.61. The van der Waals surface area contributed by atoms with E-state index in [2.05, 4.69) is 34.4 Å². The van der Waals surface area contributed by atoms with Crippen LogP contribution in [-0.2, 0) is 13.0 Å². The Hall–Kier alpha value is -1.68. The molecule has 0 saturated heterocycles. The second kappa shape index (κ2) is 5.10. The lowest BCUT2D eigenvalue weighted by molar-refractivity contribution is 0.793.